The number of Topliss-reactive ketones (excluding diaryl/α,β-unsaturated/α-hetero) is 1. The van der Waals surface area contributed by atoms with Crippen LogP contribution in [0.15, 0.2) is 42.5 Å². The maximum absolute atomic E-state index is 11.8. The molecule has 0 aromatic heterocycles. The molecular weight excluding hydrogens is 282 g/mol. The van der Waals surface area contributed by atoms with Crippen molar-refractivity contribution >= 4 is 11.5 Å². The summed E-state index contributed by atoms with van der Waals surface area (Å²) in [7, 11) is 0. The van der Waals surface area contributed by atoms with Gasteiger partial charge in [0.2, 0.25) is 0 Å². The van der Waals surface area contributed by atoms with Crippen LogP contribution in [0.4, 0.5) is 5.69 Å². The van der Waals surface area contributed by atoms with Gasteiger partial charge < -0.3 is 4.74 Å². The van der Waals surface area contributed by atoms with E-state index in [9.17, 15) is 14.9 Å². The van der Waals surface area contributed by atoms with Crippen LogP contribution in [0.5, 0.6) is 5.75 Å². The maximum Gasteiger partial charge on any atom is 0.269 e. The molecule has 3 rings (SSSR count). The summed E-state index contributed by atoms with van der Waals surface area (Å²) in [5.41, 5.74) is 2.77. The molecular formula is C17H15NO4. The molecule has 0 bridgehead atoms. The van der Waals surface area contributed by atoms with Crippen LogP contribution in [-0.2, 0) is 13.0 Å². The van der Waals surface area contributed by atoms with Crippen molar-refractivity contribution in [3.63, 3.8) is 0 Å². The molecule has 112 valence electrons. The predicted molar refractivity (Wildman–Crippen MR) is 81.1 cm³/mol. The first-order chi connectivity index (χ1) is 10.6. The van der Waals surface area contributed by atoms with Crippen molar-refractivity contribution in [1.29, 1.82) is 0 Å². The van der Waals surface area contributed by atoms with Gasteiger partial charge in [0.25, 0.3) is 5.69 Å². The topological polar surface area (TPSA) is 69.4 Å². The van der Waals surface area contributed by atoms with Gasteiger partial charge in [0, 0.05) is 24.1 Å². The van der Waals surface area contributed by atoms with Crippen molar-refractivity contribution in [3.05, 3.63) is 69.3 Å². The first-order valence-electron chi connectivity index (χ1n) is 7.16. The summed E-state index contributed by atoms with van der Waals surface area (Å²) in [5.74, 6) is 0.912. The van der Waals surface area contributed by atoms with Crippen LogP contribution < -0.4 is 4.74 Å². The monoisotopic (exact) mass is 297 g/mol. The molecule has 0 aliphatic heterocycles. The van der Waals surface area contributed by atoms with E-state index in [0.29, 0.717) is 18.8 Å². The normalized spacial score (nSPS) is 13.5. The maximum atomic E-state index is 11.8. The van der Waals surface area contributed by atoms with E-state index in [4.69, 9.17) is 4.74 Å². The third kappa shape index (κ3) is 2.98. The van der Waals surface area contributed by atoms with Gasteiger partial charge in [-0.15, -0.1) is 0 Å². The second kappa shape index (κ2) is 5.97. The fourth-order valence-corrected chi connectivity index (χ4v) is 2.59. The zero-order valence-electron chi connectivity index (χ0n) is 12.0. The number of aryl methyl sites for hydroxylation is 1. The molecule has 1 aliphatic carbocycles. The van der Waals surface area contributed by atoms with E-state index in [0.717, 1.165) is 29.5 Å². The van der Waals surface area contributed by atoms with Gasteiger partial charge in [0.1, 0.15) is 12.4 Å². The molecule has 5 nitrogen and oxygen atoms in total. The summed E-state index contributed by atoms with van der Waals surface area (Å²) in [4.78, 5) is 21.9. The van der Waals surface area contributed by atoms with Crippen LogP contribution in [0.25, 0.3) is 0 Å². The summed E-state index contributed by atoms with van der Waals surface area (Å²) in [6.07, 6.45) is 2.41. The molecule has 0 amide bonds. The average molecular weight is 297 g/mol. The van der Waals surface area contributed by atoms with Gasteiger partial charge in [-0.2, -0.15) is 0 Å². The van der Waals surface area contributed by atoms with E-state index < -0.39 is 4.92 Å². The van der Waals surface area contributed by atoms with Crippen molar-refractivity contribution in [1.82, 2.24) is 0 Å². The van der Waals surface area contributed by atoms with E-state index in [1.165, 1.54) is 12.1 Å². The molecule has 5 heteroatoms. The van der Waals surface area contributed by atoms with Crippen molar-refractivity contribution < 1.29 is 14.5 Å². The molecule has 1 aliphatic rings. The summed E-state index contributed by atoms with van der Waals surface area (Å²) >= 11 is 0. The number of carbonyl (C=O) groups excluding carboxylic acids is 1. The van der Waals surface area contributed by atoms with Crippen LogP contribution in [0, 0.1) is 10.1 Å². The second-order valence-electron chi connectivity index (χ2n) is 5.31. The van der Waals surface area contributed by atoms with E-state index >= 15 is 0 Å². The highest BCUT2D eigenvalue weighted by molar-refractivity contribution is 5.98. The number of fused-ring (bicyclic) bond motifs is 1. The number of ketones is 1. The minimum Gasteiger partial charge on any atom is -0.489 e. The zero-order valence-corrected chi connectivity index (χ0v) is 12.0. The van der Waals surface area contributed by atoms with Gasteiger partial charge >= 0.3 is 0 Å². The van der Waals surface area contributed by atoms with E-state index in [-0.39, 0.29) is 11.5 Å². The highest BCUT2D eigenvalue weighted by Gasteiger charge is 2.17. The van der Waals surface area contributed by atoms with E-state index in [1.807, 2.05) is 12.1 Å². The Labute approximate surface area is 127 Å². The average Bonchev–Trinajstić information content (AvgIpc) is 2.53. The van der Waals surface area contributed by atoms with E-state index in [1.54, 1.807) is 18.2 Å². The van der Waals surface area contributed by atoms with Crippen molar-refractivity contribution in [3.8, 4) is 5.75 Å². The number of nitro groups is 1. The third-order valence-electron chi connectivity index (χ3n) is 3.78. The Kier molecular flexibility index (Phi) is 3.87. The van der Waals surface area contributed by atoms with Crippen molar-refractivity contribution in [2.24, 2.45) is 0 Å². The fraction of sp³-hybridized carbons (Fsp3) is 0.235. The van der Waals surface area contributed by atoms with Crippen molar-refractivity contribution in [2.45, 2.75) is 25.9 Å². The van der Waals surface area contributed by atoms with Crippen LogP contribution >= 0.6 is 0 Å². The number of carbonyl (C=O) groups is 1. The molecule has 0 saturated carbocycles. The number of hydrogen-bond donors (Lipinski definition) is 0. The lowest BCUT2D eigenvalue weighted by molar-refractivity contribution is -0.384. The minimum atomic E-state index is -0.425. The van der Waals surface area contributed by atoms with Crippen molar-refractivity contribution in [2.75, 3.05) is 0 Å². The SMILES string of the molecule is O=C1CCCc2cc(OCc3ccc([N+](=O)[O-])cc3)ccc21. The molecule has 0 atom stereocenters. The molecule has 0 unspecified atom stereocenters. The van der Waals surface area contributed by atoms with Gasteiger partial charge in [0.15, 0.2) is 5.78 Å². The molecule has 2 aromatic rings. The Balaban J connectivity index is 1.69. The van der Waals surface area contributed by atoms with Gasteiger partial charge in [-0.3, -0.25) is 14.9 Å². The van der Waals surface area contributed by atoms with Crippen LogP contribution in [0.3, 0.4) is 0 Å². The predicted octanol–water partition coefficient (Wildman–Crippen LogP) is 3.69. The number of nitrogens with zero attached hydrogens (tertiary/aromatic N) is 1. The molecule has 2 aromatic carbocycles. The fourth-order valence-electron chi connectivity index (χ4n) is 2.59. The highest BCUT2D eigenvalue weighted by Crippen LogP contribution is 2.26. The number of rotatable bonds is 4. The largest absolute Gasteiger partial charge is 0.489 e. The lowest BCUT2D eigenvalue weighted by atomic mass is 9.90. The van der Waals surface area contributed by atoms with Gasteiger partial charge in [0.05, 0.1) is 4.92 Å². The molecule has 22 heavy (non-hydrogen) atoms. The van der Waals surface area contributed by atoms with Crippen LogP contribution in [0.1, 0.15) is 34.3 Å². The number of hydrogen-bond acceptors (Lipinski definition) is 4. The van der Waals surface area contributed by atoms with E-state index in [2.05, 4.69) is 0 Å². The molecule has 0 N–H and O–H groups in total. The first kappa shape index (κ1) is 14.3. The van der Waals surface area contributed by atoms with Crippen LogP contribution in [-0.4, -0.2) is 10.7 Å². The Hall–Kier alpha value is -2.69. The summed E-state index contributed by atoms with van der Waals surface area (Å²) in [6, 6.07) is 11.8. The quantitative estimate of drug-likeness (QED) is 0.637. The lowest BCUT2D eigenvalue weighted by Crippen LogP contribution is -2.10. The molecule has 0 heterocycles. The zero-order chi connectivity index (χ0) is 15.5. The Morgan fingerprint density at radius 2 is 1.86 bits per heavy atom. The second-order valence-corrected chi connectivity index (χ2v) is 5.31. The highest BCUT2D eigenvalue weighted by atomic mass is 16.6. The Morgan fingerprint density at radius 1 is 1.09 bits per heavy atom. The van der Waals surface area contributed by atoms with Gasteiger partial charge in [-0.1, -0.05) is 0 Å². The Morgan fingerprint density at radius 3 is 2.59 bits per heavy atom. The first-order valence-corrected chi connectivity index (χ1v) is 7.16. The summed E-state index contributed by atoms with van der Waals surface area (Å²) in [5, 5.41) is 10.6. The van der Waals surface area contributed by atoms with Gasteiger partial charge in [-0.25, -0.2) is 0 Å². The summed E-state index contributed by atoms with van der Waals surface area (Å²) < 4.78 is 5.71. The standard InChI is InChI=1S/C17H15NO4/c19-17-3-1-2-13-10-15(8-9-16(13)17)22-11-12-4-6-14(7-5-12)18(20)21/h4-10H,1-3,11H2. The smallest absolute Gasteiger partial charge is 0.269 e. The summed E-state index contributed by atoms with van der Waals surface area (Å²) in [6.45, 7) is 0.338. The minimum absolute atomic E-state index is 0.0658. The third-order valence-corrected chi connectivity index (χ3v) is 3.78. The lowest BCUT2D eigenvalue weighted by Gasteiger charge is -2.16. The molecule has 0 radical (unpaired) electrons. The number of nitro benzene ring substituents is 1. The molecule has 0 saturated heterocycles. The number of ether oxygens (including phenoxy) is 1. The number of non-ortho nitro benzene ring substituents is 1. The Bertz CT molecular complexity index is 722. The molecule has 0 spiro atoms. The van der Waals surface area contributed by atoms with Crippen LogP contribution in [0.2, 0.25) is 0 Å². The molecule has 0 fully saturated rings. The van der Waals surface area contributed by atoms with Gasteiger partial charge in [-0.05, 0) is 54.3 Å². The number of benzene rings is 2.